The van der Waals surface area contributed by atoms with E-state index in [1.54, 1.807) is 31.2 Å². The Morgan fingerprint density at radius 3 is 2.45 bits per heavy atom. The Labute approximate surface area is 173 Å². The van der Waals surface area contributed by atoms with E-state index in [2.05, 4.69) is 5.32 Å². The number of ether oxygens (including phenoxy) is 3. The van der Waals surface area contributed by atoms with E-state index in [1.165, 1.54) is 26.2 Å². The van der Waals surface area contributed by atoms with Crippen LogP contribution in [0.15, 0.2) is 42.5 Å². The maximum absolute atomic E-state index is 12.0. The predicted octanol–water partition coefficient (Wildman–Crippen LogP) is 3.35. The van der Waals surface area contributed by atoms with E-state index in [-0.39, 0.29) is 17.6 Å². The highest BCUT2D eigenvalue weighted by Crippen LogP contribution is 2.28. The summed E-state index contributed by atoms with van der Waals surface area (Å²) in [5.41, 5.74) is 1.22. The molecule has 1 atom stereocenters. The van der Waals surface area contributed by atoms with Crippen molar-refractivity contribution >= 4 is 29.3 Å². The summed E-state index contributed by atoms with van der Waals surface area (Å²) < 4.78 is 15.4. The molecule has 7 nitrogen and oxygen atoms in total. The molecule has 0 radical (unpaired) electrons. The van der Waals surface area contributed by atoms with Crippen molar-refractivity contribution in [3.63, 3.8) is 0 Å². The van der Waals surface area contributed by atoms with Gasteiger partial charge < -0.3 is 19.5 Å². The SMILES string of the molecule is COc1cc(C(C)=O)ccc1OCC(=O)OCC(=O)N[C@@H](C)c1ccccc1Cl. The first-order valence-corrected chi connectivity index (χ1v) is 9.20. The maximum Gasteiger partial charge on any atom is 0.344 e. The molecule has 2 aromatic carbocycles. The fourth-order valence-corrected chi connectivity index (χ4v) is 2.82. The number of benzene rings is 2. The summed E-state index contributed by atoms with van der Waals surface area (Å²) in [4.78, 5) is 35.3. The number of carbonyl (C=O) groups excluding carboxylic acids is 3. The van der Waals surface area contributed by atoms with Crippen molar-refractivity contribution in [2.75, 3.05) is 20.3 Å². The molecule has 0 heterocycles. The van der Waals surface area contributed by atoms with Crippen LogP contribution < -0.4 is 14.8 Å². The average Bonchev–Trinajstić information content (AvgIpc) is 2.70. The molecular weight excluding hydrogens is 398 g/mol. The van der Waals surface area contributed by atoms with E-state index in [4.69, 9.17) is 25.8 Å². The molecule has 2 aromatic rings. The zero-order valence-corrected chi connectivity index (χ0v) is 17.1. The van der Waals surface area contributed by atoms with E-state index in [0.29, 0.717) is 16.3 Å². The molecule has 0 aliphatic rings. The van der Waals surface area contributed by atoms with Crippen molar-refractivity contribution in [1.29, 1.82) is 0 Å². The van der Waals surface area contributed by atoms with Crippen LogP contribution in [-0.2, 0) is 14.3 Å². The zero-order chi connectivity index (χ0) is 21.4. The molecule has 1 N–H and O–H groups in total. The molecule has 0 fully saturated rings. The maximum atomic E-state index is 12.0. The van der Waals surface area contributed by atoms with Crippen LogP contribution in [0.3, 0.4) is 0 Å². The van der Waals surface area contributed by atoms with Gasteiger partial charge >= 0.3 is 5.97 Å². The Hall–Kier alpha value is -3.06. The highest BCUT2D eigenvalue weighted by atomic mass is 35.5. The molecule has 1 amide bonds. The molecule has 154 valence electrons. The van der Waals surface area contributed by atoms with Gasteiger partial charge in [-0.15, -0.1) is 0 Å². The van der Waals surface area contributed by atoms with Gasteiger partial charge in [0.15, 0.2) is 30.5 Å². The van der Waals surface area contributed by atoms with E-state index in [1.807, 2.05) is 6.07 Å². The summed E-state index contributed by atoms with van der Waals surface area (Å²) in [7, 11) is 1.43. The van der Waals surface area contributed by atoms with Crippen LogP contribution in [0.5, 0.6) is 11.5 Å². The highest BCUT2D eigenvalue weighted by Gasteiger charge is 2.15. The third-order valence-electron chi connectivity index (χ3n) is 4.03. The van der Waals surface area contributed by atoms with Crippen LogP contribution in [0.2, 0.25) is 5.02 Å². The standard InChI is InChI=1S/C21H22ClNO6/c1-13(16-6-4-5-7-17(16)22)23-20(25)11-29-21(26)12-28-18-9-8-15(14(2)24)10-19(18)27-3/h4-10,13H,11-12H2,1-3H3,(H,23,25)/t13-/m0/s1. The number of carbonyl (C=O) groups is 3. The van der Waals surface area contributed by atoms with Crippen molar-refractivity contribution in [3.8, 4) is 11.5 Å². The molecule has 0 unspecified atom stereocenters. The molecule has 0 aromatic heterocycles. The summed E-state index contributed by atoms with van der Waals surface area (Å²) in [5, 5.41) is 3.25. The minimum atomic E-state index is -0.719. The Kier molecular flexibility index (Phi) is 8.03. The van der Waals surface area contributed by atoms with Gasteiger partial charge in [-0.05, 0) is 43.7 Å². The third-order valence-corrected chi connectivity index (χ3v) is 4.37. The van der Waals surface area contributed by atoms with Crippen molar-refractivity contribution in [2.24, 2.45) is 0 Å². The summed E-state index contributed by atoms with van der Waals surface area (Å²) in [6, 6.07) is 11.4. The van der Waals surface area contributed by atoms with E-state index >= 15 is 0 Å². The van der Waals surface area contributed by atoms with Gasteiger partial charge in [0.1, 0.15) is 0 Å². The fourth-order valence-electron chi connectivity index (χ4n) is 2.52. The molecular formula is C21H22ClNO6. The smallest absolute Gasteiger partial charge is 0.344 e. The van der Waals surface area contributed by atoms with E-state index < -0.39 is 25.1 Å². The second kappa shape index (κ2) is 10.5. The number of halogens is 1. The van der Waals surface area contributed by atoms with Gasteiger partial charge in [-0.2, -0.15) is 0 Å². The molecule has 0 saturated heterocycles. The number of methoxy groups -OCH3 is 1. The van der Waals surface area contributed by atoms with Crippen molar-refractivity contribution in [1.82, 2.24) is 5.32 Å². The number of hydrogen-bond acceptors (Lipinski definition) is 6. The summed E-state index contributed by atoms with van der Waals surface area (Å²) in [5.74, 6) is -0.702. The Bertz CT molecular complexity index is 898. The van der Waals surface area contributed by atoms with Crippen molar-refractivity contribution in [2.45, 2.75) is 19.9 Å². The van der Waals surface area contributed by atoms with Crippen LogP contribution in [0.4, 0.5) is 0 Å². The number of ketones is 1. The lowest BCUT2D eigenvalue weighted by Gasteiger charge is -2.16. The topological polar surface area (TPSA) is 90.9 Å². The fraction of sp³-hybridized carbons (Fsp3) is 0.286. The number of nitrogens with one attached hydrogen (secondary N) is 1. The van der Waals surface area contributed by atoms with Gasteiger partial charge in [-0.3, -0.25) is 9.59 Å². The van der Waals surface area contributed by atoms with E-state index in [9.17, 15) is 14.4 Å². The molecule has 0 aliphatic carbocycles. The second-order valence-electron chi connectivity index (χ2n) is 6.18. The van der Waals surface area contributed by atoms with Gasteiger partial charge in [0.25, 0.3) is 5.91 Å². The quantitative estimate of drug-likeness (QED) is 0.495. The Morgan fingerprint density at radius 1 is 1.07 bits per heavy atom. The first-order chi connectivity index (χ1) is 13.8. The molecule has 8 heteroatoms. The molecule has 0 saturated carbocycles. The number of esters is 1. The number of Topliss-reactive ketones (excluding diaryl/α,β-unsaturated/α-hetero) is 1. The van der Waals surface area contributed by atoms with Crippen LogP contribution in [-0.4, -0.2) is 38.0 Å². The normalized spacial score (nSPS) is 11.3. The minimum Gasteiger partial charge on any atom is -0.493 e. The van der Waals surface area contributed by atoms with Gasteiger partial charge in [0.2, 0.25) is 0 Å². The third kappa shape index (κ3) is 6.50. The average molecular weight is 420 g/mol. The lowest BCUT2D eigenvalue weighted by Crippen LogP contribution is -2.32. The van der Waals surface area contributed by atoms with Crippen LogP contribution in [0.25, 0.3) is 0 Å². The summed E-state index contributed by atoms with van der Waals surface area (Å²) in [6.45, 7) is 2.35. The zero-order valence-electron chi connectivity index (χ0n) is 16.4. The number of rotatable bonds is 9. The first-order valence-electron chi connectivity index (χ1n) is 8.83. The minimum absolute atomic E-state index is 0.119. The molecule has 29 heavy (non-hydrogen) atoms. The van der Waals surface area contributed by atoms with Crippen molar-refractivity contribution in [3.05, 3.63) is 58.6 Å². The first kappa shape index (κ1) is 22.2. The second-order valence-corrected chi connectivity index (χ2v) is 6.59. The molecule has 0 spiro atoms. The van der Waals surface area contributed by atoms with Gasteiger partial charge in [0.05, 0.1) is 13.2 Å². The monoisotopic (exact) mass is 419 g/mol. The number of amides is 1. The van der Waals surface area contributed by atoms with Crippen molar-refractivity contribution < 1.29 is 28.6 Å². The Morgan fingerprint density at radius 2 is 1.79 bits per heavy atom. The highest BCUT2D eigenvalue weighted by molar-refractivity contribution is 6.31. The Balaban J connectivity index is 1.82. The van der Waals surface area contributed by atoms with Crippen LogP contribution in [0.1, 0.15) is 35.8 Å². The molecule has 0 aliphatic heterocycles. The van der Waals surface area contributed by atoms with Crippen LogP contribution >= 0.6 is 11.6 Å². The largest absolute Gasteiger partial charge is 0.493 e. The summed E-state index contributed by atoms with van der Waals surface area (Å²) >= 11 is 6.10. The van der Waals surface area contributed by atoms with Gasteiger partial charge in [-0.25, -0.2) is 4.79 Å². The van der Waals surface area contributed by atoms with Gasteiger partial charge in [0, 0.05) is 10.6 Å². The summed E-state index contributed by atoms with van der Waals surface area (Å²) in [6.07, 6.45) is 0. The number of hydrogen-bond donors (Lipinski definition) is 1. The lowest BCUT2D eigenvalue weighted by atomic mass is 10.1. The van der Waals surface area contributed by atoms with E-state index in [0.717, 1.165) is 5.56 Å². The predicted molar refractivity (Wildman–Crippen MR) is 107 cm³/mol. The molecule has 2 rings (SSSR count). The van der Waals surface area contributed by atoms with Crippen LogP contribution in [0, 0.1) is 0 Å². The lowest BCUT2D eigenvalue weighted by molar-refractivity contribution is -0.150. The van der Waals surface area contributed by atoms with Gasteiger partial charge in [-0.1, -0.05) is 29.8 Å². The molecule has 0 bridgehead atoms.